The van der Waals surface area contributed by atoms with Crippen molar-refractivity contribution in [3.8, 4) is 0 Å². The maximum Gasteiger partial charge on any atom is 0.0373 e. The fourth-order valence-corrected chi connectivity index (χ4v) is 2.78. The first-order chi connectivity index (χ1) is 8.22. The van der Waals surface area contributed by atoms with Crippen molar-refractivity contribution in [3.05, 3.63) is 29.8 Å². The van der Waals surface area contributed by atoms with E-state index in [4.69, 9.17) is 0 Å². The van der Waals surface area contributed by atoms with Crippen molar-refractivity contribution >= 4 is 5.69 Å². The summed E-state index contributed by atoms with van der Waals surface area (Å²) in [4.78, 5) is 2.63. The van der Waals surface area contributed by atoms with Gasteiger partial charge in [-0.25, -0.2) is 0 Å². The zero-order valence-corrected chi connectivity index (χ0v) is 11.2. The second kappa shape index (κ2) is 5.54. The van der Waals surface area contributed by atoms with E-state index in [1.54, 1.807) is 0 Å². The summed E-state index contributed by atoms with van der Waals surface area (Å²) in [6, 6.07) is 9.96. The van der Waals surface area contributed by atoms with Gasteiger partial charge >= 0.3 is 0 Å². The van der Waals surface area contributed by atoms with Crippen LogP contribution in [0.25, 0.3) is 0 Å². The van der Waals surface area contributed by atoms with Crippen molar-refractivity contribution in [1.82, 2.24) is 4.90 Å². The highest BCUT2D eigenvalue weighted by Crippen LogP contribution is 2.24. The number of anilines is 1. The van der Waals surface area contributed by atoms with Crippen molar-refractivity contribution in [2.75, 3.05) is 18.4 Å². The minimum Gasteiger partial charge on any atom is -0.383 e. The monoisotopic (exact) mass is 232 g/mol. The normalized spacial score (nSPS) is 19.2. The lowest BCUT2D eigenvalue weighted by molar-refractivity contribution is 0.156. The number of para-hydroxylation sites is 1. The van der Waals surface area contributed by atoms with E-state index in [0.29, 0.717) is 12.1 Å². The van der Waals surface area contributed by atoms with Gasteiger partial charge in [-0.15, -0.1) is 0 Å². The van der Waals surface area contributed by atoms with Gasteiger partial charge in [0.2, 0.25) is 0 Å². The van der Waals surface area contributed by atoms with Gasteiger partial charge in [0.1, 0.15) is 0 Å². The molecule has 1 N–H and O–H groups in total. The number of nitrogens with zero attached hydrogens (tertiary/aromatic N) is 1. The van der Waals surface area contributed by atoms with Crippen LogP contribution in [0.15, 0.2) is 24.3 Å². The molecule has 2 heteroatoms. The molecule has 2 nitrogen and oxygen atoms in total. The van der Waals surface area contributed by atoms with Crippen molar-refractivity contribution < 1.29 is 0 Å². The number of hydrogen-bond donors (Lipinski definition) is 1. The molecule has 0 saturated heterocycles. The number of rotatable bonds is 4. The summed E-state index contributed by atoms with van der Waals surface area (Å²) in [5.41, 5.74) is 2.79. The van der Waals surface area contributed by atoms with Crippen LogP contribution in [0.2, 0.25) is 0 Å². The summed E-state index contributed by atoms with van der Waals surface area (Å²) in [5.74, 6) is 0. The lowest BCUT2D eigenvalue weighted by atomic mass is 9.97. The molecular weight excluding hydrogens is 208 g/mol. The Kier molecular flexibility index (Phi) is 4.06. The second-order valence-corrected chi connectivity index (χ2v) is 5.23. The zero-order chi connectivity index (χ0) is 12.3. The van der Waals surface area contributed by atoms with Crippen molar-refractivity contribution in [2.45, 2.75) is 45.7 Å². The van der Waals surface area contributed by atoms with E-state index >= 15 is 0 Å². The molecule has 1 aromatic rings. The first kappa shape index (κ1) is 12.4. The highest BCUT2D eigenvalue weighted by molar-refractivity contribution is 5.53. The molecule has 94 valence electrons. The molecule has 0 aromatic heterocycles. The van der Waals surface area contributed by atoms with Gasteiger partial charge in [0, 0.05) is 24.3 Å². The molecule has 1 aliphatic rings. The van der Waals surface area contributed by atoms with Crippen LogP contribution in [-0.4, -0.2) is 30.1 Å². The third-order valence-corrected chi connectivity index (χ3v) is 3.62. The summed E-state index contributed by atoms with van der Waals surface area (Å²) >= 11 is 0. The van der Waals surface area contributed by atoms with Gasteiger partial charge in [0.05, 0.1) is 0 Å². The van der Waals surface area contributed by atoms with E-state index in [2.05, 4.69) is 55.3 Å². The van der Waals surface area contributed by atoms with Crippen molar-refractivity contribution in [1.29, 1.82) is 0 Å². The standard InChI is InChI=1S/C15H24N2/c1-4-9-17(12(2)3)14-10-13-7-5-6-8-15(13)16-11-14/h5-8,12,14,16H,4,9-11H2,1-3H3. The highest BCUT2D eigenvalue weighted by Gasteiger charge is 2.24. The molecule has 1 atom stereocenters. The SMILES string of the molecule is CCCN(C(C)C)C1CNc2ccccc2C1. The molecule has 0 amide bonds. The fraction of sp³-hybridized carbons (Fsp3) is 0.600. The fourth-order valence-electron chi connectivity index (χ4n) is 2.78. The summed E-state index contributed by atoms with van der Waals surface area (Å²) in [6.07, 6.45) is 2.41. The van der Waals surface area contributed by atoms with E-state index in [9.17, 15) is 0 Å². The molecule has 0 bridgehead atoms. The van der Waals surface area contributed by atoms with Gasteiger partial charge in [0.25, 0.3) is 0 Å². The van der Waals surface area contributed by atoms with E-state index in [0.717, 1.165) is 6.54 Å². The largest absolute Gasteiger partial charge is 0.383 e. The van der Waals surface area contributed by atoms with Crippen LogP contribution in [0.3, 0.4) is 0 Å². The van der Waals surface area contributed by atoms with Crippen LogP contribution in [0.5, 0.6) is 0 Å². The van der Waals surface area contributed by atoms with E-state index in [1.807, 2.05) is 0 Å². The Bertz CT molecular complexity index is 360. The van der Waals surface area contributed by atoms with Crippen LogP contribution >= 0.6 is 0 Å². The predicted molar refractivity (Wildman–Crippen MR) is 74.6 cm³/mol. The van der Waals surface area contributed by atoms with E-state index in [1.165, 1.54) is 30.6 Å². The molecule has 1 unspecified atom stereocenters. The molecule has 0 fully saturated rings. The van der Waals surface area contributed by atoms with Gasteiger partial charge in [-0.1, -0.05) is 25.1 Å². The smallest absolute Gasteiger partial charge is 0.0373 e. The van der Waals surface area contributed by atoms with Crippen molar-refractivity contribution in [2.24, 2.45) is 0 Å². The summed E-state index contributed by atoms with van der Waals surface area (Å²) in [7, 11) is 0. The Hall–Kier alpha value is -1.02. The van der Waals surface area contributed by atoms with Crippen LogP contribution in [0.1, 0.15) is 32.8 Å². The van der Waals surface area contributed by atoms with Crippen molar-refractivity contribution in [3.63, 3.8) is 0 Å². The molecule has 17 heavy (non-hydrogen) atoms. The molecule has 0 aliphatic carbocycles. The van der Waals surface area contributed by atoms with E-state index in [-0.39, 0.29) is 0 Å². The molecule has 0 saturated carbocycles. The lowest BCUT2D eigenvalue weighted by Crippen LogP contribution is -2.47. The zero-order valence-electron chi connectivity index (χ0n) is 11.2. The molecule has 1 aromatic carbocycles. The first-order valence-corrected chi connectivity index (χ1v) is 6.80. The van der Waals surface area contributed by atoms with Gasteiger partial charge < -0.3 is 5.32 Å². The first-order valence-electron chi connectivity index (χ1n) is 6.80. The topological polar surface area (TPSA) is 15.3 Å². The van der Waals surface area contributed by atoms with Gasteiger partial charge in [-0.2, -0.15) is 0 Å². The number of nitrogens with one attached hydrogen (secondary N) is 1. The Morgan fingerprint density at radius 3 is 2.82 bits per heavy atom. The average Bonchev–Trinajstić information content (AvgIpc) is 2.35. The number of fused-ring (bicyclic) bond motifs is 1. The highest BCUT2D eigenvalue weighted by atomic mass is 15.2. The summed E-state index contributed by atoms with van der Waals surface area (Å²) < 4.78 is 0. The summed E-state index contributed by atoms with van der Waals surface area (Å²) in [5, 5.41) is 3.56. The van der Waals surface area contributed by atoms with Crippen LogP contribution in [0.4, 0.5) is 5.69 Å². The summed E-state index contributed by atoms with van der Waals surface area (Å²) in [6.45, 7) is 9.15. The number of hydrogen-bond acceptors (Lipinski definition) is 2. The average molecular weight is 232 g/mol. The molecule has 1 heterocycles. The number of benzene rings is 1. The van der Waals surface area contributed by atoms with Crippen LogP contribution in [0, 0.1) is 0 Å². The quantitative estimate of drug-likeness (QED) is 0.858. The maximum atomic E-state index is 3.56. The Labute approximate surface area is 105 Å². The van der Waals surface area contributed by atoms with Crippen LogP contribution < -0.4 is 5.32 Å². The third-order valence-electron chi connectivity index (χ3n) is 3.62. The predicted octanol–water partition coefficient (Wildman–Crippen LogP) is 3.14. The lowest BCUT2D eigenvalue weighted by Gasteiger charge is -2.38. The molecule has 0 radical (unpaired) electrons. The van der Waals surface area contributed by atoms with Crippen LogP contribution in [-0.2, 0) is 6.42 Å². The Balaban J connectivity index is 2.10. The molecule has 2 rings (SSSR count). The molecule has 0 spiro atoms. The molecule has 1 aliphatic heterocycles. The second-order valence-electron chi connectivity index (χ2n) is 5.23. The maximum absolute atomic E-state index is 3.56. The van der Waals surface area contributed by atoms with Gasteiger partial charge in [-0.05, 0) is 44.9 Å². The minimum absolute atomic E-state index is 0.631. The Morgan fingerprint density at radius 2 is 2.12 bits per heavy atom. The Morgan fingerprint density at radius 1 is 1.35 bits per heavy atom. The van der Waals surface area contributed by atoms with Gasteiger partial charge in [0.15, 0.2) is 0 Å². The minimum atomic E-state index is 0.631. The van der Waals surface area contributed by atoms with E-state index < -0.39 is 0 Å². The molecular formula is C15H24N2. The van der Waals surface area contributed by atoms with Gasteiger partial charge in [-0.3, -0.25) is 4.90 Å². The third kappa shape index (κ3) is 2.81.